The zero-order valence-electron chi connectivity index (χ0n) is 10.9. The fourth-order valence-corrected chi connectivity index (χ4v) is 1.76. The number of aromatic nitrogens is 1. The van der Waals surface area contributed by atoms with Crippen molar-refractivity contribution >= 4 is 11.8 Å². The van der Waals surface area contributed by atoms with Gasteiger partial charge in [-0.15, -0.1) is 0 Å². The van der Waals surface area contributed by atoms with Crippen LogP contribution in [-0.2, 0) is 0 Å². The maximum atomic E-state index is 11.2. The summed E-state index contributed by atoms with van der Waals surface area (Å²) in [5.74, 6) is -0.382. The lowest BCUT2D eigenvalue weighted by atomic mass is 10.0. The third kappa shape index (κ3) is 3.19. The summed E-state index contributed by atoms with van der Waals surface area (Å²) in [4.78, 5) is 17.5. The van der Waals surface area contributed by atoms with Crippen molar-refractivity contribution in [1.82, 2.24) is 4.98 Å². The minimum Gasteiger partial charge on any atom is -0.478 e. The molecule has 0 aliphatic rings. The molecule has 0 saturated carbocycles. The van der Waals surface area contributed by atoms with Gasteiger partial charge in [0, 0.05) is 18.3 Å². The van der Waals surface area contributed by atoms with Crippen LogP contribution < -0.4 is 4.90 Å². The van der Waals surface area contributed by atoms with E-state index in [2.05, 4.69) is 32.7 Å². The molecule has 1 N–H and O–H groups in total. The standard InChI is InChI=1S/C13H20N2O2/c1-5-9-15(13(2,3)4)11-10(12(16)17)7-6-8-14-11/h6-8H,5,9H2,1-4H3,(H,16,17). The SMILES string of the molecule is CCCN(c1ncccc1C(=O)O)C(C)(C)C. The van der Waals surface area contributed by atoms with Gasteiger partial charge in [-0.1, -0.05) is 6.92 Å². The molecule has 0 atom stereocenters. The Kier molecular flexibility index (Phi) is 4.10. The van der Waals surface area contributed by atoms with Crippen LogP contribution in [0.2, 0.25) is 0 Å². The first-order valence-electron chi connectivity index (χ1n) is 5.84. The molecule has 0 amide bonds. The van der Waals surface area contributed by atoms with Gasteiger partial charge in [0.1, 0.15) is 11.4 Å². The summed E-state index contributed by atoms with van der Waals surface area (Å²) < 4.78 is 0. The molecule has 1 heterocycles. The zero-order valence-corrected chi connectivity index (χ0v) is 10.9. The van der Waals surface area contributed by atoms with Crippen molar-refractivity contribution in [2.75, 3.05) is 11.4 Å². The second-order valence-electron chi connectivity index (χ2n) is 5.00. The predicted octanol–water partition coefficient (Wildman–Crippen LogP) is 2.79. The summed E-state index contributed by atoms with van der Waals surface area (Å²) in [6.45, 7) is 9.04. The molecule has 1 aromatic heterocycles. The summed E-state index contributed by atoms with van der Waals surface area (Å²) >= 11 is 0. The molecule has 0 radical (unpaired) electrons. The highest BCUT2D eigenvalue weighted by atomic mass is 16.4. The first-order valence-corrected chi connectivity index (χ1v) is 5.84. The predicted molar refractivity (Wildman–Crippen MR) is 68.6 cm³/mol. The number of nitrogens with zero attached hydrogens (tertiary/aromatic N) is 2. The molecule has 0 aliphatic carbocycles. The molecule has 94 valence electrons. The summed E-state index contributed by atoms with van der Waals surface area (Å²) in [7, 11) is 0. The fourth-order valence-electron chi connectivity index (χ4n) is 1.76. The number of aromatic carboxylic acids is 1. The van der Waals surface area contributed by atoms with Crippen LogP contribution in [0.25, 0.3) is 0 Å². The van der Waals surface area contributed by atoms with Crippen LogP contribution in [0.3, 0.4) is 0 Å². The second kappa shape index (κ2) is 5.17. The average molecular weight is 236 g/mol. The number of pyridine rings is 1. The van der Waals surface area contributed by atoms with E-state index >= 15 is 0 Å². The van der Waals surface area contributed by atoms with Gasteiger partial charge >= 0.3 is 5.97 Å². The number of hydrogen-bond acceptors (Lipinski definition) is 3. The lowest BCUT2D eigenvalue weighted by Crippen LogP contribution is -2.43. The fraction of sp³-hybridized carbons (Fsp3) is 0.538. The van der Waals surface area contributed by atoms with E-state index in [0.29, 0.717) is 5.82 Å². The van der Waals surface area contributed by atoms with Gasteiger partial charge in [-0.3, -0.25) is 0 Å². The highest BCUT2D eigenvalue weighted by Crippen LogP contribution is 2.25. The molecule has 4 nitrogen and oxygen atoms in total. The zero-order chi connectivity index (χ0) is 13.1. The van der Waals surface area contributed by atoms with Gasteiger partial charge in [0.05, 0.1) is 0 Å². The minimum atomic E-state index is -0.932. The highest BCUT2D eigenvalue weighted by Gasteiger charge is 2.25. The Balaban J connectivity index is 3.23. The Hall–Kier alpha value is -1.58. The van der Waals surface area contributed by atoms with E-state index in [1.54, 1.807) is 18.3 Å². The van der Waals surface area contributed by atoms with Gasteiger partial charge < -0.3 is 10.0 Å². The maximum Gasteiger partial charge on any atom is 0.339 e. The van der Waals surface area contributed by atoms with Gasteiger partial charge in [0.2, 0.25) is 0 Å². The smallest absolute Gasteiger partial charge is 0.339 e. The van der Waals surface area contributed by atoms with Crippen molar-refractivity contribution < 1.29 is 9.90 Å². The van der Waals surface area contributed by atoms with Crippen molar-refractivity contribution in [3.63, 3.8) is 0 Å². The highest BCUT2D eigenvalue weighted by molar-refractivity contribution is 5.93. The molecular weight excluding hydrogens is 216 g/mol. The Labute approximate surface area is 102 Å². The summed E-state index contributed by atoms with van der Waals surface area (Å²) in [6.07, 6.45) is 2.59. The van der Waals surface area contributed by atoms with E-state index < -0.39 is 5.97 Å². The van der Waals surface area contributed by atoms with E-state index in [0.717, 1.165) is 13.0 Å². The van der Waals surface area contributed by atoms with Crippen LogP contribution >= 0.6 is 0 Å². The van der Waals surface area contributed by atoms with Crippen molar-refractivity contribution in [2.24, 2.45) is 0 Å². The Morgan fingerprint density at radius 2 is 2.12 bits per heavy atom. The molecule has 0 saturated heterocycles. The van der Waals surface area contributed by atoms with E-state index in [-0.39, 0.29) is 11.1 Å². The summed E-state index contributed by atoms with van der Waals surface area (Å²) in [5.41, 5.74) is 0.116. The lowest BCUT2D eigenvalue weighted by molar-refractivity contribution is 0.0697. The summed E-state index contributed by atoms with van der Waals surface area (Å²) in [5, 5.41) is 9.18. The largest absolute Gasteiger partial charge is 0.478 e. The minimum absolute atomic E-state index is 0.144. The third-order valence-electron chi connectivity index (χ3n) is 2.53. The second-order valence-corrected chi connectivity index (χ2v) is 5.00. The van der Waals surface area contributed by atoms with Crippen molar-refractivity contribution in [3.05, 3.63) is 23.9 Å². The van der Waals surface area contributed by atoms with Gasteiger partial charge in [-0.25, -0.2) is 9.78 Å². The number of rotatable bonds is 4. The third-order valence-corrected chi connectivity index (χ3v) is 2.53. The van der Waals surface area contributed by atoms with Gasteiger partial charge in [-0.2, -0.15) is 0 Å². The molecule has 0 spiro atoms. The number of carboxylic acids is 1. The molecule has 1 aromatic rings. The molecule has 4 heteroatoms. The normalized spacial score (nSPS) is 11.3. The summed E-state index contributed by atoms with van der Waals surface area (Å²) in [6, 6.07) is 3.25. The molecule has 0 aliphatic heterocycles. The first kappa shape index (κ1) is 13.5. The average Bonchev–Trinajstić information content (AvgIpc) is 2.24. The molecule has 0 aromatic carbocycles. The van der Waals surface area contributed by atoms with Gasteiger partial charge in [0.15, 0.2) is 0 Å². The van der Waals surface area contributed by atoms with E-state index in [9.17, 15) is 9.90 Å². The lowest BCUT2D eigenvalue weighted by Gasteiger charge is -2.37. The first-order chi connectivity index (χ1) is 7.88. The number of carbonyl (C=O) groups is 1. The van der Waals surface area contributed by atoms with Gasteiger partial charge in [0.25, 0.3) is 0 Å². The van der Waals surface area contributed by atoms with Crippen LogP contribution in [0, 0.1) is 0 Å². The van der Waals surface area contributed by atoms with Gasteiger partial charge in [-0.05, 0) is 39.3 Å². The van der Waals surface area contributed by atoms with E-state index in [1.165, 1.54) is 0 Å². The Morgan fingerprint density at radius 1 is 1.47 bits per heavy atom. The topological polar surface area (TPSA) is 53.4 Å². The molecule has 17 heavy (non-hydrogen) atoms. The van der Waals surface area contributed by atoms with Crippen molar-refractivity contribution in [3.8, 4) is 0 Å². The molecular formula is C13H20N2O2. The monoisotopic (exact) mass is 236 g/mol. The van der Waals surface area contributed by atoms with Crippen molar-refractivity contribution in [2.45, 2.75) is 39.7 Å². The number of anilines is 1. The van der Waals surface area contributed by atoms with Crippen LogP contribution in [0.5, 0.6) is 0 Å². The Bertz CT molecular complexity index is 397. The molecule has 0 bridgehead atoms. The molecule has 1 rings (SSSR count). The number of carboxylic acid groups (broad SMARTS) is 1. The van der Waals surface area contributed by atoms with Crippen LogP contribution in [0.15, 0.2) is 18.3 Å². The van der Waals surface area contributed by atoms with E-state index in [4.69, 9.17) is 0 Å². The maximum absolute atomic E-state index is 11.2. The molecule has 0 fully saturated rings. The Morgan fingerprint density at radius 3 is 2.59 bits per heavy atom. The molecule has 0 unspecified atom stereocenters. The van der Waals surface area contributed by atoms with E-state index in [1.807, 2.05) is 4.90 Å². The van der Waals surface area contributed by atoms with Crippen LogP contribution in [0.1, 0.15) is 44.5 Å². The van der Waals surface area contributed by atoms with Crippen LogP contribution in [0.4, 0.5) is 5.82 Å². The number of hydrogen-bond donors (Lipinski definition) is 1. The quantitative estimate of drug-likeness (QED) is 0.873. The van der Waals surface area contributed by atoms with Crippen molar-refractivity contribution in [1.29, 1.82) is 0 Å². The van der Waals surface area contributed by atoms with Crippen LogP contribution in [-0.4, -0.2) is 28.1 Å².